The van der Waals surface area contributed by atoms with E-state index < -0.39 is 28.1 Å². The topological polar surface area (TPSA) is 96.5 Å². The van der Waals surface area contributed by atoms with Gasteiger partial charge in [-0.25, -0.2) is 9.18 Å². The number of benzene rings is 1. The van der Waals surface area contributed by atoms with E-state index >= 15 is 0 Å². The number of esters is 1. The predicted octanol–water partition coefficient (Wildman–Crippen LogP) is 3.22. The molecule has 0 N–H and O–H groups in total. The summed E-state index contributed by atoms with van der Waals surface area (Å²) >= 11 is 0. The van der Waals surface area contributed by atoms with E-state index in [1.54, 1.807) is 20.8 Å². The fourth-order valence-corrected chi connectivity index (χ4v) is 1.80. The van der Waals surface area contributed by atoms with E-state index in [0.717, 1.165) is 12.1 Å². The lowest BCUT2D eigenvalue weighted by Gasteiger charge is -2.19. The predicted molar refractivity (Wildman–Crippen MR) is 81.5 cm³/mol. The number of carbonyl (C=O) groups is 1. The first kappa shape index (κ1) is 17.4. The molecule has 0 radical (unpaired) electrons. The minimum atomic E-state index is -0.780. The average molecular weight is 337 g/mol. The van der Waals surface area contributed by atoms with Crippen LogP contribution < -0.4 is 4.74 Å². The van der Waals surface area contributed by atoms with Gasteiger partial charge in [0.1, 0.15) is 5.60 Å². The molecule has 0 amide bonds. The maximum atomic E-state index is 14.0. The van der Waals surface area contributed by atoms with E-state index in [0.29, 0.717) is 0 Å². The highest BCUT2D eigenvalue weighted by Crippen LogP contribution is 2.31. The molecule has 9 heteroatoms. The highest BCUT2D eigenvalue weighted by molar-refractivity contribution is 5.90. The molecule has 8 nitrogen and oxygen atoms in total. The lowest BCUT2D eigenvalue weighted by molar-refractivity contribution is -0.390. The number of hydrogen-bond acceptors (Lipinski definition) is 6. The zero-order valence-corrected chi connectivity index (χ0v) is 13.6. The molecule has 0 aliphatic heterocycles. The molecule has 0 aliphatic carbocycles. The standard InChI is InChI=1S/C15H16FN3O5/c1-15(2,3)24-14(20)9-5-6-10(16)11(7-9)23-13-12(19(21)22)17-8-18(13)4/h5-8H,1-4H3. The molecule has 0 saturated heterocycles. The van der Waals surface area contributed by atoms with Crippen LogP contribution in [0.15, 0.2) is 24.5 Å². The SMILES string of the molecule is Cn1cnc([N+](=O)[O-])c1Oc1cc(C(=O)OC(C)(C)C)ccc1F. The van der Waals surface area contributed by atoms with Crippen LogP contribution in [0.1, 0.15) is 31.1 Å². The minimum absolute atomic E-state index is 0.0612. The summed E-state index contributed by atoms with van der Waals surface area (Å²) in [5.41, 5.74) is -0.654. The van der Waals surface area contributed by atoms with Crippen LogP contribution in [0.25, 0.3) is 0 Å². The van der Waals surface area contributed by atoms with Gasteiger partial charge in [-0.2, -0.15) is 0 Å². The summed E-state index contributed by atoms with van der Waals surface area (Å²) in [7, 11) is 1.46. The minimum Gasteiger partial charge on any atom is -0.456 e. The number of imidazole rings is 1. The van der Waals surface area contributed by atoms with Crippen molar-refractivity contribution in [3.63, 3.8) is 0 Å². The molecular formula is C15H16FN3O5. The van der Waals surface area contributed by atoms with Gasteiger partial charge in [-0.05, 0) is 48.9 Å². The van der Waals surface area contributed by atoms with E-state index in [1.165, 1.54) is 24.0 Å². The smallest absolute Gasteiger partial charge is 0.427 e. The van der Waals surface area contributed by atoms with Gasteiger partial charge in [0, 0.05) is 7.05 Å². The van der Waals surface area contributed by atoms with Crippen molar-refractivity contribution >= 4 is 11.8 Å². The summed E-state index contributed by atoms with van der Waals surface area (Å²) in [6.45, 7) is 5.10. The van der Waals surface area contributed by atoms with Crippen LogP contribution >= 0.6 is 0 Å². The van der Waals surface area contributed by atoms with Crippen LogP contribution in [-0.2, 0) is 11.8 Å². The number of halogens is 1. The van der Waals surface area contributed by atoms with Crippen molar-refractivity contribution in [1.29, 1.82) is 0 Å². The van der Waals surface area contributed by atoms with Crippen LogP contribution in [-0.4, -0.2) is 26.0 Å². The number of nitro groups is 1. The van der Waals surface area contributed by atoms with Gasteiger partial charge in [0.05, 0.1) is 5.56 Å². The van der Waals surface area contributed by atoms with Crippen molar-refractivity contribution in [3.8, 4) is 11.6 Å². The first-order chi connectivity index (χ1) is 11.1. The molecule has 1 heterocycles. The molecule has 1 aromatic carbocycles. The second kappa shape index (κ2) is 6.26. The number of ether oxygens (including phenoxy) is 2. The van der Waals surface area contributed by atoms with Gasteiger partial charge in [0.15, 0.2) is 11.6 Å². The summed E-state index contributed by atoms with van der Waals surface area (Å²) < 4.78 is 25.7. The van der Waals surface area contributed by atoms with E-state index in [4.69, 9.17) is 9.47 Å². The molecule has 24 heavy (non-hydrogen) atoms. The highest BCUT2D eigenvalue weighted by atomic mass is 19.1. The van der Waals surface area contributed by atoms with Crippen LogP contribution in [0.2, 0.25) is 0 Å². The van der Waals surface area contributed by atoms with Crippen molar-refractivity contribution in [2.75, 3.05) is 0 Å². The average Bonchev–Trinajstić information content (AvgIpc) is 2.81. The number of hydrogen-bond donors (Lipinski definition) is 0. The fourth-order valence-electron chi connectivity index (χ4n) is 1.80. The molecule has 0 saturated carbocycles. The summed E-state index contributed by atoms with van der Waals surface area (Å²) in [4.78, 5) is 25.8. The highest BCUT2D eigenvalue weighted by Gasteiger charge is 2.25. The third-order valence-electron chi connectivity index (χ3n) is 2.81. The Bertz CT molecular complexity index is 795. The maximum Gasteiger partial charge on any atom is 0.427 e. The van der Waals surface area contributed by atoms with Crippen molar-refractivity contribution in [3.05, 3.63) is 46.0 Å². The molecule has 0 atom stereocenters. The fraction of sp³-hybridized carbons (Fsp3) is 0.333. The largest absolute Gasteiger partial charge is 0.456 e. The van der Waals surface area contributed by atoms with Crippen LogP contribution in [0, 0.1) is 15.9 Å². The Hall–Kier alpha value is -2.97. The molecule has 2 rings (SSSR count). The molecular weight excluding hydrogens is 321 g/mol. The molecule has 0 bridgehead atoms. The Morgan fingerprint density at radius 1 is 1.38 bits per heavy atom. The molecule has 2 aromatic rings. The Balaban J connectivity index is 2.35. The quantitative estimate of drug-likeness (QED) is 0.483. The van der Waals surface area contributed by atoms with Gasteiger partial charge in [-0.15, -0.1) is 0 Å². The van der Waals surface area contributed by atoms with E-state index in [-0.39, 0.29) is 17.2 Å². The third kappa shape index (κ3) is 3.86. The maximum absolute atomic E-state index is 14.0. The molecule has 0 spiro atoms. The molecule has 1 aromatic heterocycles. The second-order valence-electron chi connectivity index (χ2n) is 5.99. The van der Waals surface area contributed by atoms with Gasteiger partial charge in [-0.3, -0.25) is 4.57 Å². The number of carbonyl (C=O) groups excluding carboxylic acids is 1. The van der Waals surface area contributed by atoms with Crippen LogP contribution in [0.3, 0.4) is 0 Å². The Morgan fingerprint density at radius 3 is 2.62 bits per heavy atom. The van der Waals surface area contributed by atoms with Gasteiger partial charge in [0.2, 0.25) is 6.33 Å². The summed E-state index contributed by atoms with van der Waals surface area (Å²) in [5.74, 6) is -2.59. The van der Waals surface area contributed by atoms with Gasteiger partial charge < -0.3 is 19.6 Å². The van der Waals surface area contributed by atoms with Crippen LogP contribution in [0.5, 0.6) is 11.6 Å². The third-order valence-corrected chi connectivity index (χ3v) is 2.81. The number of rotatable bonds is 4. The number of nitrogens with zero attached hydrogens (tertiary/aromatic N) is 3. The Morgan fingerprint density at radius 2 is 2.04 bits per heavy atom. The van der Waals surface area contributed by atoms with Gasteiger partial charge in [-0.1, -0.05) is 0 Å². The van der Waals surface area contributed by atoms with E-state index in [9.17, 15) is 19.3 Å². The van der Waals surface area contributed by atoms with Crippen LogP contribution in [0.4, 0.5) is 10.2 Å². The molecule has 0 unspecified atom stereocenters. The summed E-state index contributed by atoms with van der Waals surface area (Å²) in [5, 5.41) is 10.9. The Kier molecular flexibility index (Phi) is 4.54. The lowest BCUT2D eigenvalue weighted by Crippen LogP contribution is -2.23. The first-order valence-corrected chi connectivity index (χ1v) is 6.95. The Labute approximate surface area is 137 Å². The molecule has 128 valence electrons. The van der Waals surface area contributed by atoms with Gasteiger partial charge in [0.25, 0.3) is 0 Å². The first-order valence-electron chi connectivity index (χ1n) is 6.95. The van der Waals surface area contributed by atoms with Crippen molar-refractivity contribution in [2.45, 2.75) is 26.4 Å². The van der Waals surface area contributed by atoms with E-state index in [2.05, 4.69) is 4.98 Å². The normalized spacial score (nSPS) is 11.2. The number of aryl methyl sites for hydroxylation is 1. The lowest BCUT2D eigenvalue weighted by atomic mass is 10.1. The molecule has 0 fully saturated rings. The number of aromatic nitrogens is 2. The van der Waals surface area contributed by atoms with Crippen molar-refractivity contribution in [1.82, 2.24) is 9.55 Å². The second-order valence-corrected chi connectivity index (χ2v) is 5.99. The monoisotopic (exact) mass is 337 g/mol. The molecule has 0 aliphatic rings. The van der Waals surface area contributed by atoms with Crippen molar-refractivity contribution in [2.24, 2.45) is 7.05 Å². The van der Waals surface area contributed by atoms with Crippen molar-refractivity contribution < 1.29 is 23.6 Å². The van der Waals surface area contributed by atoms with E-state index in [1.807, 2.05) is 0 Å². The summed E-state index contributed by atoms with van der Waals surface area (Å²) in [6, 6.07) is 3.39. The zero-order chi connectivity index (χ0) is 18.1. The summed E-state index contributed by atoms with van der Waals surface area (Å²) in [6.07, 6.45) is 1.17. The van der Waals surface area contributed by atoms with Gasteiger partial charge >= 0.3 is 17.7 Å². The zero-order valence-electron chi connectivity index (χ0n) is 13.6.